The second-order valence-electron chi connectivity index (χ2n) is 9.64. The molecule has 0 bridgehead atoms. The Morgan fingerprint density at radius 3 is 2.19 bits per heavy atom. The molecule has 2 aromatic rings. The van der Waals surface area contributed by atoms with Gasteiger partial charge in [-0.05, 0) is 112 Å². The largest absolute Gasteiger partial charge is 0.494 e. The lowest BCUT2D eigenvalue weighted by molar-refractivity contribution is -0.249. The summed E-state index contributed by atoms with van der Waals surface area (Å²) in [5.74, 6) is 2.53. The van der Waals surface area contributed by atoms with Crippen molar-refractivity contribution in [1.29, 1.82) is 0 Å². The third kappa shape index (κ3) is 9.69. The van der Waals surface area contributed by atoms with Crippen LogP contribution >= 0.6 is 0 Å². The van der Waals surface area contributed by atoms with Crippen molar-refractivity contribution >= 4 is 5.97 Å². The van der Waals surface area contributed by atoms with Crippen LogP contribution in [0.1, 0.15) is 99.9 Å². The Labute approximate surface area is 216 Å². The Morgan fingerprint density at radius 2 is 1.53 bits per heavy atom. The summed E-state index contributed by atoms with van der Waals surface area (Å²) in [6, 6.07) is 15.2. The average Bonchev–Trinajstić information content (AvgIpc) is 2.91. The molecule has 0 saturated heterocycles. The van der Waals surface area contributed by atoms with E-state index in [0.717, 1.165) is 37.4 Å². The first-order chi connectivity index (χ1) is 17.7. The summed E-state index contributed by atoms with van der Waals surface area (Å²) < 4.78 is 11.4. The molecule has 1 fully saturated rings. The van der Waals surface area contributed by atoms with Gasteiger partial charge in [-0.1, -0.05) is 38.3 Å². The summed E-state index contributed by atoms with van der Waals surface area (Å²) in [5.41, 5.74) is 1.87. The van der Waals surface area contributed by atoms with E-state index in [4.69, 9.17) is 19.2 Å². The van der Waals surface area contributed by atoms with E-state index < -0.39 is 0 Å². The topological polar surface area (TPSA) is 54.0 Å². The molecular weight excluding hydrogens is 452 g/mol. The fraction of sp³-hybridized carbons (Fsp3) is 0.516. The molecule has 5 nitrogen and oxygen atoms in total. The third-order valence-corrected chi connectivity index (χ3v) is 6.85. The van der Waals surface area contributed by atoms with Crippen molar-refractivity contribution in [2.24, 2.45) is 5.92 Å². The second kappa shape index (κ2) is 16.1. The first-order valence-corrected chi connectivity index (χ1v) is 13.6. The van der Waals surface area contributed by atoms with Crippen LogP contribution in [0.15, 0.2) is 60.9 Å². The number of esters is 1. The van der Waals surface area contributed by atoms with Crippen molar-refractivity contribution < 1.29 is 24.0 Å². The Balaban J connectivity index is 1.33. The zero-order valence-electron chi connectivity index (χ0n) is 22.0. The number of carbonyl (C=O) groups excluding carboxylic acids is 1. The van der Waals surface area contributed by atoms with Gasteiger partial charge < -0.3 is 14.4 Å². The predicted octanol–water partition coefficient (Wildman–Crippen LogP) is 8.40. The van der Waals surface area contributed by atoms with Crippen LogP contribution in [0.5, 0.6) is 11.5 Å². The first-order valence-electron chi connectivity index (χ1n) is 13.6. The fourth-order valence-corrected chi connectivity index (χ4v) is 4.80. The summed E-state index contributed by atoms with van der Waals surface area (Å²) >= 11 is 0. The summed E-state index contributed by atoms with van der Waals surface area (Å²) in [5, 5.41) is 0. The van der Waals surface area contributed by atoms with Crippen molar-refractivity contribution in [3.63, 3.8) is 0 Å². The van der Waals surface area contributed by atoms with Crippen molar-refractivity contribution in [1.82, 2.24) is 0 Å². The number of benzene rings is 2. The van der Waals surface area contributed by atoms with E-state index in [9.17, 15) is 4.79 Å². The number of allylic oxidation sites excluding steroid dienone is 1. The van der Waals surface area contributed by atoms with Gasteiger partial charge in [-0.15, -0.1) is 0 Å². The first kappa shape index (κ1) is 27.8. The number of rotatable bonds is 15. The molecular formula is C31H42O5. The molecule has 0 atom stereocenters. The molecule has 5 heteroatoms. The summed E-state index contributed by atoms with van der Waals surface area (Å²) in [7, 11) is 0. The summed E-state index contributed by atoms with van der Waals surface area (Å²) in [4.78, 5) is 22.4. The van der Waals surface area contributed by atoms with E-state index in [1.807, 2.05) is 31.2 Å². The Hall–Kier alpha value is -2.79. The van der Waals surface area contributed by atoms with Gasteiger partial charge in [0, 0.05) is 0 Å². The summed E-state index contributed by atoms with van der Waals surface area (Å²) in [6.07, 6.45) is 15.2. The molecule has 0 spiro atoms. The molecule has 3 rings (SSSR count). The van der Waals surface area contributed by atoms with E-state index in [1.54, 1.807) is 18.2 Å². The zero-order chi connectivity index (χ0) is 25.4. The highest BCUT2D eigenvalue weighted by molar-refractivity contribution is 5.91. The highest BCUT2D eigenvalue weighted by Crippen LogP contribution is 2.37. The van der Waals surface area contributed by atoms with Crippen LogP contribution in [0.25, 0.3) is 0 Å². The molecule has 0 aromatic heterocycles. The molecule has 1 aliphatic rings. The lowest BCUT2D eigenvalue weighted by atomic mass is 9.77. The maximum atomic E-state index is 12.6. The van der Waals surface area contributed by atoms with Crippen LogP contribution in [0.2, 0.25) is 0 Å². The van der Waals surface area contributed by atoms with Gasteiger partial charge in [-0.3, -0.25) is 0 Å². The standard InChI is InChI=1S/C31H42O5/c1-3-9-25-10-12-26(13-11-25)27-14-20-30(21-15-27)36-31(32)28-16-18-29(19-17-28)33-23-7-5-6-8-24-35-34-22-4-2/h4,14-22,25-26H,3,5-13,23-24H2,1-2H3. The van der Waals surface area contributed by atoms with Crippen molar-refractivity contribution in [2.45, 2.75) is 84.0 Å². The highest BCUT2D eigenvalue weighted by Gasteiger charge is 2.22. The lowest BCUT2D eigenvalue weighted by Crippen LogP contribution is -2.13. The van der Waals surface area contributed by atoms with E-state index >= 15 is 0 Å². The van der Waals surface area contributed by atoms with Crippen LogP contribution in [-0.4, -0.2) is 19.2 Å². The van der Waals surface area contributed by atoms with E-state index in [1.165, 1.54) is 50.4 Å². The van der Waals surface area contributed by atoms with Gasteiger partial charge in [-0.25, -0.2) is 4.79 Å². The van der Waals surface area contributed by atoms with Gasteiger partial charge in [0.05, 0.1) is 18.8 Å². The Kier molecular flexibility index (Phi) is 12.4. The molecule has 0 aliphatic heterocycles. The Morgan fingerprint density at radius 1 is 0.861 bits per heavy atom. The zero-order valence-corrected chi connectivity index (χ0v) is 22.0. The smallest absolute Gasteiger partial charge is 0.343 e. The number of carbonyl (C=O) groups is 1. The molecule has 0 heterocycles. The molecule has 0 radical (unpaired) electrons. The maximum absolute atomic E-state index is 12.6. The van der Waals surface area contributed by atoms with E-state index in [-0.39, 0.29) is 5.97 Å². The van der Waals surface area contributed by atoms with Crippen LogP contribution in [0.3, 0.4) is 0 Å². The number of hydrogen-bond acceptors (Lipinski definition) is 5. The van der Waals surface area contributed by atoms with Gasteiger partial charge >= 0.3 is 5.97 Å². The SMILES string of the molecule is CC=COOCCCCCCOc1ccc(C(=O)Oc2ccc(C3CCC(CCC)CC3)cc2)cc1. The average molecular weight is 495 g/mol. The third-order valence-electron chi connectivity index (χ3n) is 6.85. The lowest BCUT2D eigenvalue weighted by Gasteiger charge is -2.28. The molecule has 196 valence electrons. The fourth-order valence-electron chi connectivity index (χ4n) is 4.80. The molecule has 0 unspecified atom stereocenters. The minimum atomic E-state index is -0.352. The van der Waals surface area contributed by atoms with Gasteiger partial charge in [0.2, 0.25) is 0 Å². The van der Waals surface area contributed by atoms with Gasteiger partial charge in [0.15, 0.2) is 0 Å². The number of unbranched alkanes of at least 4 members (excludes halogenated alkanes) is 3. The predicted molar refractivity (Wildman–Crippen MR) is 143 cm³/mol. The minimum absolute atomic E-state index is 0.352. The highest BCUT2D eigenvalue weighted by atomic mass is 17.2. The van der Waals surface area contributed by atoms with Gasteiger partial charge in [0.25, 0.3) is 0 Å². The van der Waals surface area contributed by atoms with Crippen LogP contribution in [0, 0.1) is 5.92 Å². The second-order valence-corrected chi connectivity index (χ2v) is 9.64. The molecule has 1 saturated carbocycles. The van der Waals surface area contributed by atoms with E-state index in [0.29, 0.717) is 30.4 Å². The van der Waals surface area contributed by atoms with Crippen molar-refractivity contribution in [2.75, 3.05) is 13.2 Å². The Bertz CT molecular complexity index is 896. The molecule has 1 aliphatic carbocycles. The van der Waals surface area contributed by atoms with Crippen LogP contribution in [0.4, 0.5) is 0 Å². The van der Waals surface area contributed by atoms with Crippen molar-refractivity contribution in [3.8, 4) is 11.5 Å². The molecule has 0 N–H and O–H groups in total. The van der Waals surface area contributed by atoms with Crippen LogP contribution < -0.4 is 9.47 Å². The van der Waals surface area contributed by atoms with Gasteiger partial charge in [-0.2, -0.15) is 4.89 Å². The number of ether oxygens (including phenoxy) is 2. The van der Waals surface area contributed by atoms with Gasteiger partial charge in [0.1, 0.15) is 17.8 Å². The molecule has 36 heavy (non-hydrogen) atoms. The molecule has 0 amide bonds. The quantitative estimate of drug-likeness (QED) is 0.0621. The maximum Gasteiger partial charge on any atom is 0.343 e. The number of hydrogen-bond donors (Lipinski definition) is 0. The van der Waals surface area contributed by atoms with E-state index in [2.05, 4.69) is 19.1 Å². The monoisotopic (exact) mass is 494 g/mol. The van der Waals surface area contributed by atoms with Crippen molar-refractivity contribution in [3.05, 3.63) is 72.0 Å². The normalized spacial score (nSPS) is 17.7. The molecule has 2 aromatic carbocycles. The minimum Gasteiger partial charge on any atom is -0.494 e. The summed E-state index contributed by atoms with van der Waals surface area (Å²) in [6.45, 7) is 5.39. The van der Waals surface area contributed by atoms with Crippen LogP contribution in [-0.2, 0) is 9.78 Å².